The maximum Gasteiger partial charge on any atom is 0.335 e. The largest absolute Gasteiger partial charge is 0.478 e. The van der Waals surface area contributed by atoms with Crippen molar-refractivity contribution in [2.45, 2.75) is 18.4 Å². The number of nitrogens with one attached hydrogen (secondary N) is 1. The van der Waals surface area contributed by atoms with Crippen LogP contribution in [0.5, 0.6) is 0 Å². The van der Waals surface area contributed by atoms with Gasteiger partial charge < -0.3 is 9.84 Å². The number of nitrogens with zero attached hydrogens (tertiary/aromatic N) is 2. The Labute approximate surface area is 156 Å². The SMILES string of the molecule is COCCn1ncc2ccc(NS(=O)(=O)c3cc(C(=O)O)ccc3C)cc21. The Hall–Kier alpha value is -2.91. The van der Waals surface area contributed by atoms with Gasteiger partial charge in [-0.1, -0.05) is 6.07 Å². The number of rotatable bonds is 7. The number of sulfonamides is 1. The first kappa shape index (κ1) is 18.9. The predicted molar refractivity (Wildman–Crippen MR) is 101 cm³/mol. The normalized spacial score (nSPS) is 11.6. The van der Waals surface area contributed by atoms with Crippen molar-refractivity contribution in [3.05, 3.63) is 53.7 Å². The van der Waals surface area contributed by atoms with Crippen LogP contribution in [0.2, 0.25) is 0 Å². The lowest BCUT2D eigenvalue weighted by Crippen LogP contribution is -2.15. The molecule has 3 aromatic rings. The van der Waals surface area contributed by atoms with Crippen LogP contribution in [-0.4, -0.2) is 43.0 Å². The number of aromatic carboxylic acids is 1. The molecule has 0 bridgehead atoms. The van der Waals surface area contributed by atoms with Crippen LogP contribution in [0.4, 0.5) is 5.69 Å². The molecule has 2 aromatic carbocycles. The highest BCUT2D eigenvalue weighted by molar-refractivity contribution is 7.92. The zero-order valence-electron chi connectivity index (χ0n) is 14.8. The molecule has 0 saturated carbocycles. The molecule has 0 amide bonds. The number of carbonyl (C=O) groups is 1. The molecule has 0 fully saturated rings. The minimum Gasteiger partial charge on any atom is -0.478 e. The second kappa shape index (κ2) is 7.37. The first-order valence-electron chi connectivity index (χ1n) is 8.13. The summed E-state index contributed by atoms with van der Waals surface area (Å²) in [7, 11) is -2.35. The van der Waals surface area contributed by atoms with Gasteiger partial charge in [-0.3, -0.25) is 9.40 Å². The average Bonchev–Trinajstić information content (AvgIpc) is 3.01. The fourth-order valence-electron chi connectivity index (χ4n) is 2.72. The molecular formula is C18H19N3O5S. The van der Waals surface area contributed by atoms with Gasteiger partial charge in [0.15, 0.2) is 0 Å². The van der Waals surface area contributed by atoms with E-state index in [1.165, 1.54) is 12.1 Å². The van der Waals surface area contributed by atoms with Crippen LogP contribution in [0.15, 0.2) is 47.5 Å². The van der Waals surface area contributed by atoms with Gasteiger partial charge >= 0.3 is 5.97 Å². The molecular weight excluding hydrogens is 370 g/mol. The van der Waals surface area contributed by atoms with Crippen molar-refractivity contribution in [1.29, 1.82) is 0 Å². The molecule has 9 heteroatoms. The third-order valence-electron chi connectivity index (χ3n) is 4.13. The summed E-state index contributed by atoms with van der Waals surface area (Å²) < 4.78 is 34.9. The molecule has 142 valence electrons. The summed E-state index contributed by atoms with van der Waals surface area (Å²) in [6, 6.07) is 9.09. The molecule has 0 aliphatic rings. The summed E-state index contributed by atoms with van der Waals surface area (Å²) in [4.78, 5) is 11.1. The van der Waals surface area contributed by atoms with Crippen LogP contribution < -0.4 is 4.72 Å². The standard InChI is InChI=1S/C18H19N3O5S/c1-12-3-4-13(18(22)23)9-17(12)27(24,25)20-15-6-5-14-11-19-21(7-8-26-2)16(14)10-15/h3-6,9-11,20H,7-8H2,1-2H3,(H,22,23). The molecule has 1 aromatic heterocycles. The van der Waals surface area contributed by atoms with Crippen molar-refractivity contribution in [2.75, 3.05) is 18.4 Å². The van der Waals surface area contributed by atoms with E-state index in [0.717, 1.165) is 17.0 Å². The van der Waals surface area contributed by atoms with Gasteiger partial charge in [-0.15, -0.1) is 0 Å². The molecule has 0 aliphatic heterocycles. The Balaban J connectivity index is 1.96. The van der Waals surface area contributed by atoms with Gasteiger partial charge in [-0.05, 0) is 42.8 Å². The van der Waals surface area contributed by atoms with Crippen molar-refractivity contribution in [3.63, 3.8) is 0 Å². The second-order valence-electron chi connectivity index (χ2n) is 6.03. The van der Waals surface area contributed by atoms with Crippen molar-refractivity contribution >= 4 is 32.6 Å². The Morgan fingerprint density at radius 3 is 2.74 bits per heavy atom. The fourth-order valence-corrected chi connectivity index (χ4v) is 4.04. The lowest BCUT2D eigenvalue weighted by molar-refractivity contribution is 0.0696. The molecule has 0 spiro atoms. The smallest absolute Gasteiger partial charge is 0.335 e. The Kier molecular flexibility index (Phi) is 5.15. The number of ether oxygens (including phenoxy) is 1. The first-order chi connectivity index (χ1) is 12.8. The third-order valence-corrected chi connectivity index (χ3v) is 5.65. The van der Waals surface area contributed by atoms with E-state index >= 15 is 0 Å². The Morgan fingerprint density at radius 1 is 1.26 bits per heavy atom. The number of methoxy groups -OCH3 is 1. The molecule has 0 atom stereocenters. The van der Waals surface area contributed by atoms with Crippen LogP contribution in [0.3, 0.4) is 0 Å². The van der Waals surface area contributed by atoms with Gasteiger partial charge in [0.05, 0.1) is 41.0 Å². The van der Waals surface area contributed by atoms with Gasteiger partial charge in [0, 0.05) is 12.5 Å². The van der Waals surface area contributed by atoms with E-state index in [0.29, 0.717) is 24.4 Å². The van der Waals surface area contributed by atoms with Crippen LogP contribution in [-0.2, 0) is 21.3 Å². The third kappa shape index (κ3) is 3.93. The van der Waals surface area contributed by atoms with E-state index in [1.807, 2.05) is 0 Å². The molecule has 0 radical (unpaired) electrons. The number of carboxylic acid groups (broad SMARTS) is 1. The molecule has 27 heavy (non-hydrogen) atoms. The summed E-state index contributed by atoms with van der Waals surface area (Å²) in [6.45, 7) is 2.63. The number of benzene rings is 2. The van der Waals surface area contributed by atoms with E-state index in [-0.39, 0.29) is 10.5 Å². The number of aryl methyl sites for hydroxylation is 1. The number of aromatic nitrogens is 2. The van der Waals surface area contributed by atoms with E-state index < -0.39 is 16.0 Å². The van der Waals surface area contributed by atoms with E-state index in [9.17, 15) is 13.2 Å². The van der Waals surface area contributed by atoms with Crippen LogP contribution in [0, 0.1) is 6.92 Å². The van der Waals surface area contributed by atoms with E-state index in [2.05, 4.69) is 9.82 Å². The van der Waals surface area contributed by atoms with Crippen molar-refractivity contribution in [1.82, 2.24) is 9.78 Å². The maximum absolute atomic E-state index is 12.8. The minimum atomic E-state index is -3.95. The van der Waals surface area contributed by atoms with Crippen molar-refractivity contribution < 1.29 is 23.1 Å². The molecule has 8 nitrogen and oxygen atoms in total. The molecule has 0 unspecified atom stereocenters. The van der Waals surface area contributed by atoms with Crippen LogP contribution >= 0.6 is 0 Å². The van der Waals surface area contributed by atoms with E-state index in [1.54, 1.807) is 43.1 Å². The monoisotopic (exact) mass is 389 g/mol. The fraction of sp³-hybridized carbons (Fsp3) is 0.222. The molecule has 0 aliphatic carbocycles. The number of anilines is 1. The summed E-state index contributed by atoms with van der Waals surface area (Å²) >= 11 is 0. The highest BCUT2D eigenvalue weighted by atomic mass is 32.2. The van der Waals surface area contributed by atoms with Gasteiger partial charge in [-0.25, -0.2) is 13.2 Å². The molecule has 0 saturated heterocycles. The highest BCUT2D eigenvalue weighted by Crippen LogP contribution is 2.24. The minimum absolute atomic E-state index is 0.0737. The maximum atomic E-state index is 12.8. The number of hydrogen-bond acceptors (Lipinski definition) is 5. The summed E-state index contributed by atoms with van der Waals surface area (Å²) in [6.07, 6.45) is 1.70. The van der Waals surface area contributed by atoms with E-state index in [4.69, 9.17) is 9.84 Å². The van der Waals surface area contributed by atoms with Crippen molar-refractivity contribution in [3.8, 4) is 0 Å². The molecule has 1 heterocycles. The number of fused-ring (bicyclic) bond motifs is 1. The quantitative estimate of drug-likeness (QED) is 0.642. The van der Waals surface area contributed by atoms with Crippen LogP contribution in [0.25, 0.3) is 10.9 Å². The van der Waals surface area contributed by atoms with Gasteiger partial charge in [0.25, 0.3) is 10.0 Å². The van der Waals surface area contributed by atoms with Gasteiger partial charge in [0.2, 0.25) is 0 Å². The van der Waals surface area contributed by atoms with Crippen molar-refractivity contribution in [2.24, 2.45) is 0 Å². The Morgan fingerprint density at radius 2 is 2.04 bits per heavy atom. The highest BCUT2D eigenvalue weighted by Gasteiger charge is 2.19. The number of hydrogen-bond donors (Lipinski definition) is 2. The van der Waals surface area contributed by atoms with Gasteiger partial charge in [0.1, 0.15) is 0 Å². The van der Waals surface area contributed by atoms with Gasteiger partial charge in [-0.2, -0.15) is 5.10 Å². The lowest BCUT2D eigenvalue weighted by atomic mass is 10.1. The second-order valence-corrected chi connectivity index (χ2v) is 7.68. The van der Waals surface area contributed by atoms with Crippen LogP contribution in [0.1, 0.15) is 15.9 Å². The first-order valence-corrected chi connectivity index (χ1v) is 9.61. The average molecular weight is 389 g/mol. The predicted octanol–water partition coefficient (Wildman–Crippen LogP) is 2.49. The summed E-state index contributed by atoms with van der Waals surface area (Å²) in [5.74, 6) is -1.19. The number of carboxylic acids is 1. The summed E-state index contributed by atoms with van der Waals surface area (Å²) in [5, 5.41) is 14.3. The zero-order chi connectivity index (χ0) is 19.6. The summed E-state index contributed by atoms with van der Waals surface area (Å²) in [5.41, 5.74) is 1.50. The topological polar surface area (TPSA) is 111 Å². The Bertz CT molecular complexity index is 1110. The molecule has 3 rings (SSSR count). The molecule has 2 N–H and O–H groups in total. The zero-order valence-corrected chi connectivity index (χ0v) is 15.7. The lowest BCUT2D eigenvalue weighted by Gasteiger charge is -2.12.